The van der Waals surface area contributed by atoms with Crippen molar-refractivity contribution in [2.75, 3.05) is 12.4 Å². The molecule has 18 heavy (non-hydrogen) atoms. The third-order valence-electron chi connectivity index (χ3n) is 2.93. The highest BCUT2D eigenvalue weighted by Crippen LogP contribution is 2.19. The summed E-state index contributed by atoms with van der Waals surface area (Å²) in [5.74, 6) is 0.0151. The summed E-state index contributed by atoms with van der Waals surface area (Å²) in [5, 5.41) is 17.4. The molecule has 1 aliphatic rings. The summed E-state index contributed by atoms with van der Waals surface area (Å²) in [7, 11) is 1.86. The van der Waals surface area contributed by atoms with Crippen LogP contribution in [0.4, 0.5) is 0 Å². The van der Waals surface area contributed by atoms with Gasteiger partial charge in [0.05, 0.1) is 11.9 Å². The Kier molecular flexibility index (Phi) is 4.60. The molecule has 1 aromatic rings. The largest absolute Gasteiger partial charge is 0.481 e. The fourth-order valence-electron chi connectivity index (χ4n) is 1.95. The Hall–Kier alpha value is -1.08. The number of hydrogen-bond donors (Lipinski definition) is 1. The zero-order valence-corrected chi connectivity index (χ0v) is 11.2. The van der Waals surface area contributed by atoms with E-state index in [9.17, 15) is 4.79 Å². The standard InChI is InChI=1S/C11H17N3O3S/c1-14-9(6-8-4-2-3-5-17-8)12-13-11(14)18-7-10(15)16/h8H,2-7H2,1H3,(H,15,16). The maximum Gasteiger partial charge on any atom is 0.313 e. The van der Waals surface area contributed by atoms with Crippen LogP contribution in [0.25, 0.3) is 0 Å². The van der Waals surface area contributed by atoms with Crippen molar-refractivity contribution in [1.29, 1.82) is 0 Å². The van der Waals surface area contributed by atoms with E-state index in [2.05, 4.69) is 10.2 Å². The van der Waals surface area contributed by atoms with E-state index in [-0.39, 0.29) is 11.9 Å². The van der Waals surface area contributed by atoms with Crippen LogP contribution in [0.1, 0.15) is 25.1 Å². The lowest BCUT2D eigenvalue weighted by molar-refractivity contribution is -0.133. The second-order valence-corrected chi connectivity index (χ2v) is 5.28. The van der Waals surface area contributed by atoms with Gasteiger partial charge < -0.3 is 14.4 Å². The highest BCUT2D eigenvalue weighted by atomic mass is 32.2. The minimum atomic E-state index is -0.847. The zero-order chi connectivity index (χ0) is 13.0. The van der Waals surface area contributed by atoms with Gasteiger partial charge in [-0.25, -0.2) is 0 Å². The summed E-state index contributed by atoms with van der Waals surface area (Å²) in [6.07, 6.45) is 4.36. The maximum absolute atomic E-state index is 10.5. The van der Waals surface area contributed by atoms with Crippen LogP contribution in [-0.2, 0) is 23.0 Å². The molecule has 1 saturated heterocycles. The Balaban J connectivity index is 1.94. The lowest BCUT2D eigenvalue weighted by Crippen LogP contribution is -2.22. The number of carbonyl (C=O) groups is 1. The van der Waals surface area contributed by atoms with Crippen molar-refractivity contribution in [3.05, 3.63) is 5.82 Å². The average Bonchev–Trinajstić information content (AvgIpc) is 2.70. The molecule has 1 N–H and O–H groups in total. The van der Waals surface area contributed by atoms with E-state index < -0.39 is 5.97 Å². The van der Waals surface area contributed by atoms with Gasteiger partial charge in [-0.05, 0) is 19.3 Å². The predicted molar refractivity (Wildman–Crippen MR) is 66.7 cm³/mol. The Labute approximate surface area is 110 Å². The average molecular weight is 271 g/mol. The molecule has 1 aromatic heterocycles. The van der Waals surface area contributed by atoms with Gasteiger partial charge in [0.25, 0.3) is 0 Å². The molecule has 1 fully saturated rings. The highest BCUT2D eigenvalue weighted by Gasteiger charge is 2.18. The number of nitrogens with zero attached hydrogens (tertiary/aromatic N) is 3. The summed E-state index contributed by atoms with van der Waals surface area (Å²) in [4.78, 5) is 10.5. The third-order valence-corrected chi connectivity index (χ3v) is 3.94. The smallest absolute Gasteiger partial charge is 0.313 e. The second kappa shape index (κ2) is 6.19. The summed E-state index contributed by atoms with van der Waals surface area (Å²) >= 11 is 1.19. The monoisotopic (exact) mass is 271 g/mol. The van der Waals surface area contributed by atoms with Gasteiger partial charge in [0.2, 0.25) is 0 Å². The third kappa shape index (κ3) is 3.46. The Morgan fingerprint density at radius 2 is 2.39 bits per heavy atom. The Bertz CT molecular complexity index is 416. The first-order valence-electron chi connectivity index (χ1n) is 6.01. The molecular formula is C11H17N3O3S. The van der Waals surface area contributed by atoms with E-state index in [0.29, 0.717) is 5.16 Å². The number of hydrogen-bond acceptors (Lipinski definition) is 5. The van der Waals surface area contributed by atoms with Crippen LogP contribution in [0.5, 0.6) is 0 Å². The predicted octanol–water partition coefficient (Wildman–Crippen LogP) is 1.10. The van der Waals surface area contributed by atoms with E-state index in [0.717, 1.165) is 31.7 Å². The van der Waals surface area contributed by atoms with Crippen molar-refractivity contribution < 1.29 is 14.6 Å². The molecule has 0 aliphatic carbocycles. The number of aromatic nitrogens is 3. The van der Waals surface area contributed by atoms with Crippen LogP contribution >= 0.6 is 11.8 Å². The molecular weight excluding hydrogens is 254 g/mol. The van der Waals surface area contributed by atoms with Crippen molar-refractivity contribution in [1.82, 2.24) is 14.8 Å². The van der Waals surface area contributed by atoms with Gasteiger partial charge >= 0.3 is 5.97 Å². The van der Waals surface area contributed by atoms with E-state index in [1.54, 1.807) is 0 Å². The molecule has 7 heteroatoms. The second-order valence-electron chi connectivity index (χ2n) is 4.33. The SMILES string of the molecule is Cn1c(CC2CCCCO2)nnc1SCC(=O)O. The topological polar surface area (TPSA) is 77.2 Å². The van der Waals surface area contributed by atoms with Crippen molar-refractivity contribution in [2.45, 2.75) is 36.9 Å². The van der Waals surface area contributed by atoms with Crippen LogP contribution in [0.2, 0.25) is 0 Å². The normalized spacial score (nSPS) is 19.9. The lowest BCUT2D eigenvalue weighted by Gasteiger charge is -2.21. The van der Waals surface area contributed by atoms with Gasteiger partial charge in [0, 0.05) is 20.1 Å². The summed E-state index contributed by atoms with van der Waals surface area (Å²) in [6.45, 7) is 0.823. The molecule has 1 unspecified atom stereocenters. The van der Waals surface area contributed by atoms with Gasteiger partial charge in [-0.15, -0.1) is 10.2 Å². The van der Waals surface area contributed by atoms with Crippen LogP contribution in [0.15, 0.2) is 5.16 Å². The molecule has 2 heterocycles. The minimum absolute atomic E-state index is 0.00586. The zero-order valence-electron chi connectivity index (χ0n) is 10.3. The van der Waals surface area contributed by atoms with Gasteiger partial charge in [0.1, 0.15) is 5.82 Å². The van der Waals surface area contributed by atoms with Crippen LogP contribution in [-0.4, -0.2) is 44.3 Å². The fraction of sp³-hybridized carbons (Fsp3) is 0.727. The first kappa shape index (κ1) is 13.4. The lowest BCUT2D eigenvalue weighted by atomic mass is 10.1. The maximum atomic E-state index is 10.5. The first-order chi connectivity index (χ1) is 8.66. The molecule has 1 atom stereocenters. The van der Waals surface area contributed by atoms with Crippen molar-refractivity contribution in [2.24, 2.45) is 7.05 Å². The molecule has 0 bridgehead atoms. The number of thioether (sulfide) groups is 1. The van der Waals surface area contributed by atoms with E-state index in [4.69, 9.17) is 9.84 Å². The molecule has 0 aromatic carbocycles. The van der Waals surface area contributed by atoms with Crippen LogP contribution in [0.3, 0.4) is 0 Å². The summed E-state index contributed by atoms with van der Waals surface area (Å²) in [6, 6.07) is 0. The highest BCUT2D eigenvalue weighted by molar-refractivity contribution is 7.99. The van der Waals surface area contributed by atoms with Crippen molar-refractivity contribution in [3.63, 3.8) is 0 Å². The minimum Gasteiger partial charge on any atom is -0.481 e. The molecule has 0 spiro atoms. The van der Waals surface area contributed by atoms with E-state index in [1.807, 2.05) is 11.6 Å². The summed E-state index contributed by atoms with van der Waals surface area (Å²) in [5.41, 5.74) is 0. The van der Waals surface area contributed by atoms with Crippen molar-refractivity contribution >= 4 is 17.7 Å². The van der Waals surface area contributed by atoms with E-state index in [1.165, 1.54) is 18.2 Å². The molecule has 0 saturated carbocycles. The molecule has 0 radical (unpaired) electrons. The first-order valence-corrected chi connectivity index (χ1v) is 7.00. The van der Waals surface area contributed by atoms with Gasteiger partial charge in [0.15, 0.2) is 5.16 Å². The van der Waals surface area contributed by atoms with Crippen molar-refractivity contribution in [3.8, 4) is 0 Å². The van der Waals surface area contributed by atoms with Crippen LogP contribution < -0.4 is 0 Å². The number of rotatable bonds is 5. The number of aliphatic carboxylic acids is 1. The number of carboxylic acids is 1. The number of ether oxygens (including phenoxy) is 1. The number of carboxylic acid groups (broad SMARTS) is 1. The molecule has 6 nitrogen and oxygen atoms in total. The van der Waals surface area contributed by atoms with Gasteiger partial charge in [-0.2, -0.15) is 0 Å². The van der Waals surface area contributed by atoms with Gasteiger partial charge in [-0.3, -0.25) is 4.79 Å². The molecule has 100 valence electrons. The Morgan fingerprint density at radius 1 is 1.56 bits per heavy atom. The summed E-state index contributed by atoms with van der Waals surface area (Å²) < 4.78 is 7.52. The quantitative estimate of drug-likeness (QED) is 0.808. The van der Waals surface area contributed by atoms with Crippen LogP contribution in [0, 0.1) is 0 Å². The fourth-order valence-corrected chi connectivity index (χ4v) is 2.60. The molecule has 1 aliphatic heterocycles. The molecule has 2 rings (SSSR count). The molecule has 0 amide bonds. The van der Waals surface area contributed by atoms with Gasteiger partial charge in [-0.1, -0.05) is 11.8 Å². The Morgan fingerprint density at radius 3 is 3.06 bits per heavy atom. The van der Waals surface area contributed by atoms with E-state index >= 15 is 0 Å².